The predicted molar refractivity (Wildman–Crippen MR) is 64.8 cm³/mol. The molecule has 0 aliphatic rings. The Kier molecular flexibility index (Phi) is 5.15. The first-order valence-electron chi connectivity index (χ1n) is 5.17. The van der Waals surface area contributed by atoms with Crippen molar-refractivity contribution in [1.29, 1.82) is 0 Å². The highest BCUT2D eigenvalue weighted by Gasteiger charge is 2.38. The van der Waals surface area contributed by atoms with Crippen LogP contribution in [0.3, 0.4) is 0 Å². The number of carbonyl (C=O) groups excluding carboxylic acids is 1. The second-order valence-electron chi connectivity index (χ2n) is 3.62. The number of hydrogen-bond donors (Lipinski definition) is 2. The Morgan fingerprint density at radius 2 is 2.00 bits per heavy atom. The van der Waals surface area contributed by atoms with Gasteiger partial charge in [-0.2, -0.15) is 13.2 Å². The van der Waals surface area contributed by atoms with Crippen molar-refractivity contribution in [3.63, 3.8) is 0 Å². The molecule has 1 amide bonds. The molecule has 0 aliphatic carbocycles. The van der Waals surface area contributed by atoms with Crippen LogP contribution in [-0.4, -0.2) is 18.6 Å². The van der Waals surface area contributed by atoms with Gasteiger partial charge in [0.2, 0.25) is 0 Å². The summed E-state index contributed by atoms with van der Waals surface area (Å²) in [6, 6.07) is 5.35. The van der Waals surface area contributed by atoms with Gasteiger partial charge in [-0.1, -0.05) is 22.0 Å². The second-order valence-corrected chi connectivity index (χ2v) is 4.54. The highest BCUT2D eigenvalue weighted by molar-refractivity contribution is 9.10. The van der Waals surface area contributed by atoms with Gasteiger partial charge in [0.25, 0.3) is 0 Å². The molecule has 0 aromatic heterocycles. The molecule has 1 aromatic rings. The first-order chi connectivity index (χ1) is 8.34. The fraction of sp³-hybridized carbons (Fsp3) is 0.364. The molecule has 3 N–H and O–H groups in total. The quantitative estimate of drug-likeness (QED) is 0.891. The number of hydrogen-bond acceptors (Lipinski definition) is 2. The SMILES string of the molecule is NCc1cc(Br)ccc1CCNC(=O)C(F)(F)F. The van der Waals surface area contributed by atoms with E-state index in [1.807, 2.05) is 5.32 Å². The number of benzene rings is 1. The van der Waals surface area contributed by atoms with Crippen LogP contribution in [0.2, 0.25) is 0 Å². The number of nitrogens with one attached hydrogen (secondary N) is 1. The lowest BCUT2D eigenvalue weighted by atomic mass is 10.0. The van der Waals surface area contributed by atoms with E-state index in [4.69, 9.17) is 5.73 Å². The van der Waals surface area contributed by atoms with E-state index < -0.39 is 12.1 Å². The van der Waals surface area contributed by atoms with E-state index in [1.165, 1.54) is 0 Å². The summed E-state index contributed by atoms with van der Waals surface area (Å²) in [6.07, 6.45) is -4.53. The fourth-order valence-corrected chi connectivity index (χ4v) is 1.85. The number of rotatable bonds is 4. The smallest absolute Gasteiger partial charge is 0.348 e. The summed E-state index contributed by atoms with van der Waals surface area (Å²) >= 11 is 3.28. The third-order valence-electron chi connectivity index (χ3n) is 2.33. The van der Waals surface area contributed by atoms with Crippen LogP contribution in [0.1, 0.15) is 11.1 Å². The average Bonchev–Trinajstić information content (AvgIpc) is 2.29. The molecule has 0 saturated carbocycles. The third-order valence-corrected chi connectivity index (χ3v) is 2.82. The van der Waals surface area contributed by atoms with E-state index >= 15 is 0 Å². The highest BCUT2D eigenvalue weighted by atomic mass is 79.9. The number of alkyl halides is 3. The summed E-state index contributed by atoms with van der Waals surface area (Å²) in [5.41, 5.74) is 7.19. The Bertz CT molecular complexity index is 435. The van der Waals surface area contributed by atoms with E-state index in [2.05, 4.69) is 15.9 Å². The minimum Gasteiger partial charge on any atom is -0.348 e. The maximum Gasteiger partial charge on any atom is 0.471 e. The van der Waals surface area contributed by atoms with Gasteiger partial charge in [0.1, 0.15) is 0 Å². The molecular weight excluding hydrogens is 313 g/mol. The summed E-state index contributed by atoms with van der Waals surface area (Å²) in [5.74, 6) is -1.92. The van der Waals surface area contributed by atoms with Crippen LogP contribution >= 0.6 is 15.9 Å². The molecule has 1 rings (SSSR count). The largest absolute Gasteiger partial charge is 0.471 e. The van der Waals surface area contributed by atoms with Gasteiger partial charge in [-0.15, -0.1) is 0 Å². The first-order valence-corrected chi connectivity index (χ1v) is 5.96. The van der Waals surface area contributed by atoms with Crippen molar-refractivity contribution in [3.05, 3.63) is 33.8 Å². The molecule has 0 fully saturated rings. The van der Waals surface area contributed by atoms with Crippen molar-refractivity contribution < 1.29 is 18.0 Å². The highest BCUT2D eigenvalue weighted by Crippen LogP contribution is 2.17. The zero-order valence-corrected chi connectivity index (χ0v) is 10.9. The van der Waals surface area contributed by atoms with Gasteiger partial charge in [-0.25, -0.2) is 0 Å². The van der Waals surface area contributed by atoms with Gasteiger partial charge >= 0.3 is 12.1 Å². The van der Waals surface area contributed by atoms with Crippen molar-refractivity contribution >= 4 is 21.8 Å². The van der Waals surface area contributed by atoms with Crippen LogP contribution in [-0.2, 0) is 17.8 Å². The first kappa shape index (κ1) is 15.0. The van der Waals surface area contributed by atoms with Gasteiger partial charge in [-0.3, -0.25) is 4.79 Å². The van der Waals surface area contributed by atoms with E-state index in [-0.39, 0.29) is 6.54 Å². The van der Waals surface area contributed by atoms with Gasteiger partial charge in [0.15, 0.2) is 0 Å². The molecule has 0 spiro atoms. The molecule has 0 radical (unpaired) electrons. The van der Waals surface area contributed by atoms with Crippen LogP contribution in [0.5, 0.6) is 0 Å². The Morgan fingerprint density at radius 1 is 1.33 bits per heavy atom. The van der Waals surface area contributed by atoms with Crippen molar-refractivity contribution in [3.8, 4) is 0 Å². The Morgan fingerprint density at radius 3 is 2.56 bits per heavy atom. The molecule has 0 atom stereocenters. The minimum absolute atomic E-state index is 0.0764. The normalized spacial score (nSPS) is 11.4. The maximum absolute atomic E-state index is 11.9. The van der Waals surface area contributed by atoms with E-state index in [0.29, 0.717) is 13.0 Å². The van der Waals surface area contributed by atoms with E-state index in [0.717, 1.165) is 15.6 Å². The molecule has 18 heavy (non-hydrogen) atoms. The maximum atomic E-state index is 11.9. The summed E-state index contributed by atoms with van der Waals surface area (Å²) < 4.78 is 36.7. The number of nitrogens with two attached hydrogens (primary N) is 1. The third kappa shape index (κ3) is 4.30. The van der Waals surface area contributed by atoms with Gasteiger partial charge in [0, 0.05) is 17.6 Å². The van der Waals surface area contributed by atoms with Crippen molar-refractivity contribution in [2.24, 2.45) is 5.73 Å². The van der Waals surface area contributed by atoms with Gasteiger partial charge in [-0.05, 0) is 29.7 Å². The van der Waals surface area contributed by atoms with Gasteiger partial charge < -0.3 is 11.1 Å². The Hall–Kier alpha value is -1.08. The minimum atomic E-state index is -4.84. The fourth-order valence-electron chi connectivity index (χ4n) is 1.44. The molecule has 3 nitrogen and oxygen atoms in total. The topological polar surface area (TPSA) is 55.1 Å². The zero-order valence-electron chi connectivity index (χ0n) is 9.35. The molecule has 0 bridgehead atoms. The monoisotopic (exact) mass is 324 g/mol. The average molecular weight is 325 g/mol. The molecule has 0 aliphatic heterocycles. The van der Waals surface area contributed by atoms with E-state index in [9.17, 15) is 18.0 Å². The lowest BCUT2D eigenvalue weighted by Gasteiger charge is -2.10. The van der Waals surface area contributed by atoms with Crippen LogP contribution in [0.25, 0.3) is 0 Å². The zero-order chi connectivity index (χ0) is 13.8. The summed E-state index contributed by atoms with van der Waals surface area (Å²) in [4.78, 5) is 10.6. The molecule has 1 aromatic carbocycles. The van der Waals surface area contributed by atoms with Crippen molar-refractivity contribution in [2.75, 3.05) is 6.54 Å². The molecular formula is C11H12BrF3N2O. The van der Waals surface area contributed by atoms with Crippen molar-refractivity contribution in [1.82, 2.24) is 5.32 Å². The molecule has 0 unspecified atom stereocenters. The Balaban J connectivity index is 2.57. The lowest BCUT2D eigenvalue weighted by Crippen LogP contribution is -2.37. The molecule has 0 heterocycles. The summed E-state index contributed by atoms with van der Waals surface area (Å²) in [5, 5.41) is 1.82. The standard InChI is InChI=1S/C11H12BrF3N2O/c12-9-2-1-7(8(5-9)6-16)3-4-17-10(18)11(13,14)15/h1-2,5H,3-4,6,16H2,(H,17,18). The Labute approximate surface area is 111 Å². The summed E-state index contributed by atoms with van der Waals surface area (Å²) in [6.45, 7) is 0.217. The number of amides is 1. The summed E-state index contributed by atoms with van der Waals surface area (Å²) in [7, 11) is 0. The lowest BCUT2D eigenvalue weighted by molar-refractivity contribution is -0.173. The number of halogens is 4. The second kappa shape index (κ2) is 6.19. The van der Waals surface area contributed by atoms with Crippen LogP contribution < -0.4 is 11.1 Å². The molecule has 7 heteroatoms. The molecule has 0 saturated heterocycles. The van der Waals surface area contributed by atoms with Crippen LogP contribution in [0.4, 0.5) is 13.2 Å². The number of carbonyl (C=O) groups is 1. The molecule has 100 valence electrons. The van der Waals surface area contributed by atoms with Crippen molar-refractivity contribution in [2.45, 2.75) is 19.1 Å². The van der Waals surface area contributed by atoms with E-state index in [1.54, 1.807) is 18.2 Å². The van der Waals surface area contributed by atoms with Crippen LogP contribution in [0.15, 0.2) is 22.7 Å². The van der Waals surface area contributed by atoms with Crippen LogP contribution in [0, 0.1) is 0 Å². The van der Waals surface area contributed by atoms with Gasteiger partial charge in [0.05, 0.1) is 0 Å². The predicted octanol–water partition coefficient (Wildman–Crippen LogP) is 2.13.